The largest absolute Gasteiger partial charge is 0.478 e. The molecule has 0 fully saturated rings. The van der Waals surface area contributed by atoms with Crippen LogP contribution in [-0.2, 0) is 19.1 Å². The molecular weight excluding hydrogens is 296 g/mol. The molecule has 0 aromatic rings. The van der Waals surface area contributed by atoms with Crippen LogP contribution in [-0.4, -0.2) is 71.5 Å². The zero-order chi connectivity index (χ0) is 16.9. The smallest absolute Gasteiger partial charge is 0.370 e. The van der Waals surface area contributed by atoms with Gasteiger partial charge in [-0.25, -0.2) is 4.79 Å². The lowest BCUT2D eigenvalue weighted by molar-refractivity contribution is -0.149. The summed E-state index contributed by atoms with van der Waals surface area (Å²) >= 11 is 0. The Morgan fingerprint density at radius 1 is 1.59 bits per heavy atom. The fourth-order valence-corrected chi connectivity index (χ4v) is 2.33. The number of aliphatic carboxylic acids is 1. The van der Waals surface area contributed by atoms with E-state index in [-0.39, 0.29) is 0 Å². The Kier molecular flexibility index (Phi) is 6.47. The maximum absolute atomic E-state index is 11.4. The molecule has 0 aromatic heterocycles. The maximum atomic E-state index is 11.4. The summed E-state index contributed by atoms with van der Waals surface area (Å²) in [7, 11) is 1.26. The van der Waals surface area contributed by atoms with Crippen LogP contribution < -0.4 is 5.32 Å². The van der Waals surface area contributed by atoms with E-state index in [9.17, 15) is 14.7 Å². The second-order valence-corrected chi connectivity index (χ2v) is 4.84. The third kappa shape index (κ3) is 4.03. The van der Waals surface area contributed by atoms with Gasteiger partial charge in [0.15, 0.2) is 0 Å². The summed E-state index contributed by atoms with van der Waals surface area (Å²) in [6.07, 6.45) is -1.35. The van der Waals surface area contributed by atoms with Gasteiger partial charge in [-0.05, 0) is 6.08 Å². The molecule has 5 N–H and O–H groups in total. The number of aliphatic hydroxyl groups excluding tert-OH is 2. The van der Waals surface area contributed by atoms with Gasteiger partial charge in [0, 0.05) is 26.2 Å². The average molecular weight is 316 g/mol. The highest BCUT2D eigenvalue weighted by atomic mass is 16.6. The van der Waals surface area contributed by atoms with Gasteiger partial charge in [-0.15, -0.1) is 0 Å². The molecule has 0 saturated heterocycles. The minimum absolute atomic E-state index is 0.410. The molecule has 5 atom stereocenters. The number of carbonyl (C=O) groups is 2. The highest BCUT2D eigenvalue weighted by molar-refractivity contribution is 5.86. The Morgan fingerprint density at radius 2 is 2.23 bits per heavy atom. The molecule has 0 aromatic carbocycles. The second kappa shape index (κ2) is 7.87. The summed E-state index contributed by atoms with van der Waals surface area (Å²) in [5.74, 6) is -2.91. The summed E-state index contributed by atoms with van der Waals surface area (Å²) in [5, 5.41) is 38.0. The maximum Gasteiger partial charge on any atom is 0.370 e. The van der Waals surface area contributed by atoms with Crippen LogP contribution in [0.15, 0.2) is 11.8 Å². The normalized spacial score (nSPS) is 27.1. The van der Waals surface area contributed by atoms with E-state index < -0.39 is 54.5 Å². The lowest BCUT2D eigenvalue weighted by atomic mass is 9.88. The van der Waals surface area contributed by atoms with Crippen molar-refractivity contribution in [3.05, 3.63) is 11.8 Å². The monoisotopic (exact) mass is 316 g/mol. The van der Waals surface area contributed by atoms with E-state index in [1.54, 1.807) is 0 Å². The molecule has 0 bridgehead atoms. The van der Waals surface area contributed by atoms with Crippen molar-refractivity contribution in [1.82, 2.24) is 5.32 Å². The van der Waals surface area contributed by atoms with Crippen molar-refractivity contribution < 1.29 is 34.4 Å². The van der Waals surface area contributed by atoms with Crippen molar-refractivity contribution in [2.24, 2.45) is 5.92 Å². The van der Waals surface area contributed by atoms with Crippen LogP contribution in [0.3, 0.4) is 0 Å². The van der Waals surface area contributed by atoms with Crippen LogP contribution in [0.4, 0.5) is 0 Å². The number of carboxylic acids is 1. The molecule has 1 amide bonds. The molecule has 3 unspecified atom stereocenters. The van der Waals surface area contributed by atoms with Gasteiger partial charge < -0.3 is 35.5 Å². The Morgan fingerprint density at radius 3 is 2.64 bits per heavy atom. The van der Waals surface area contributed by atoms with Gasteiger partial charge in [0.05, 0.1) is 12.6 Å². The highest BCUT2D eigenvalue weighted by Gasteiger charge is 2.43. The Balaban J connectivity index is 3.22. The number of nitrogens with one attached hydrogen (secondary N) is 2. The number of rotatable bonds is 7. The topological polar surface area (TPSA) is 149 Å². The van der Waals surface area contributed by atoms with Crippen molar-refractivity contribution in [2.45, 2.75) is 31.3 Å². The first-order chi connectivity index (χ1) is 10.3. The van der Waals surface area contributed by atoms with E-state index >= 15 is 0 Å². The Labute approximate surface area is 127 Å². The average Bonchev–Trinajstić information content (AvgIpc) is 2.48. The third-order valence-electron chi connectivity index (χ3n) is 3.31. The van der Waals surface area contributed by atoms with Crippen LogP contribution in [0.2, 0.25) is 0 Å². The number of aliphatic hydroxyl groups is 2. The predicted octanol–water partition coefficient (Wildman–Crippen LogP) is -1.51. The number of ether oxygens (including phenoxy) is 2. The molecule has 0 spiro atoms. The number of amides is 1. The quantitative estimate of drug-likeness (QED) is 0.358. The van der Waals surface area contributed by atoms with Crippen molar-refractivity contribution in [3.63, 3.8) is 0 Å². The summed E-state index contributed by atoms with van der Waals surface area (Å²) in [5.41, 5.74) is 0. The second-order valence-electron chi connectivity index (χ2n) is 4.84. The molecule has 22 heavy (non-hydrogen) atoms. The molecule has 9 heteroatoms. The van der Waals surface area contributed by atoms with Crippen LogP contribution in [0.25, 0.3) is 0 Å². The number of hydrogen-bond donors (Lipinski definition) is 5. The van der Waals surface area contributed by atoms with Crippen molar-refractivity contribution in [2.75, 3.05) is 13.7 Å². The standard InChI is InChI=1S/C13H20N2O7/c1-6(17)15-10-7(4-14)3-9(13(19)20)22-12(10)11(21-2)8(18)5-16/h3-4,7-8,10-12,14,16,18H,5H2,1-2H3,(H,15,17)(H,19,20)/t7-,8?,10?,11?,12-/m1/s1. The Hall–Kier alpha value is -1.97. The molecule has 9 nitrogen and oxygen atoms in total. The molecule has 0 radical (unpaired) electrons. The van der Waals surface area contributed by atoms with Gasteiger partial charge in [-0.3, -0.25) is 4.79 Å². The SMILES string of the molecule is COC(C(O)CO)[C@@H]1OC(C(=O)O)=C[C@H](C=N)C1NC(C)=O. The number of carbonyl (C=O) groups excluding carboxylic acids is 1. The van der Waals surface area contributed by atoms with Crippen molar-refractivity contribution in [1.29, 1.82) is 5.41 Å². The Bertz CT molecular complexity index is 465. The first kappa shape index (κ1) is 18.1. The summed E-state index contributed by atoms with van der Waals surface area (Å²) in [6, 6.07) is -0.816. The lowest BCUT2D eigenvalue weighted by Gasteiger charge is -2.39. The fourth-order valence-electron chi connectivity index (χ4n) is 2.33. The molecule has 1 aliphatic rings. The van der Waals surface area contributed by atoms with Crippen LogP contribution in [0.5, 0.6) is 0 Å². The fraction of sp³-hybridized carbons (Fsp3) is 0.615. The first-order valence-corrected chi connectivity index (χ1v) is 6.56. The predicted molar refractivity (Wildman–Crippen MR) is 74.4 cm³/mol. The first-order valence-electron chi connectivity index (χ1n) is 6.56. The number of methoxy groups -OCH3 is 1. The number of carboxylic acid groups (broad SMARTS) is 1. The van der Waals surface area contributed by atoms with Gasteiger partial charge in [0.2, 0.25) is 11.7 Å². The van der Waals surface area contributed by atoms with E-state index in [0.29, 0.717) is 0 Å². The highest BCUT2D eigenvalue weighted by Crippen LogP contribution is 2.27. The molecular formula is C13H20N2O7. The van der Waals surface area contributed by atoms with E-state index in [0.717, 1.165) is 6.21 Å². The van der Waals surface area contributed by atoms with Gasteiger partial charge >= 0.3 is 5.97 Å². The zero-order valence-corrected chi connectivity index (χ0v) is 12.2. The molecule has 1 aliphatic heterocycles. The van der Waals surface area contributed by atoms with Crippen LogP contribution in [0, 0.1) is 11.3 Å². The van der Waals surface area contributed by atoms with E-state index in [4.69, 9.17) is 25.1 Å². The molecule has 1 rings (SSSR count). The minimum Gasteiger partial charge on any atom is -0.478 e. The summed E-state index contributed by atoms with van der Waals surface area (Å²) in [4.78, 5) is 22.5. The van der Waals surface area contributed by atoms with Crippen LogP contribution in [0.1, 0.15) is 6.92 Å². The van der Waals surface area contributed by atoms with Gasteiger partial charge in [-0.1, -0.05) is 0 Å². The molecule has 0 saturated carbocycles. The zero-order valence-electron chi connectivity index (χ0n) is 12.2. The summed E-state index contributed by atoms with van der Waals surface area (Å²) in [6.45, 7) is 0.630. The van der Waals surface area contributed by atoms with Crippen molar-refractivity contribution >= 4 is 18.1 Å². The van der Waals surface area contributed by atoms with Crippen molar-refractivity contribution in [3.8, 4) is 0 Å². The van der Waals surface area contributed by atoms with Crippen LogP contribution >= 0.6 is 0 Å². The molecule has 124 valence electrons. The minimum atomic E-state index is -1.34. The van der Waals surface area contributed by atoms with E-state index in [1.165, 1.54) is 20.1 Å². The summed E-state index contributed by atoms with van der Waals surface area (Å²) < 4.78 is 10.4. The third-order valence-corrected chi connectivity index (χ3v) is 3.31. The molecule has 0 aliphatic carbocycles. The van der Waals surface area contributed by atoms with E-state index in [2.05, 4.69) is 5.32 Å². The van der Waals surface area contributed by atoms with Gasteiger partial charge in [0.25, 0.3) is 0 Å². The van der Waals surface area contributed by atoms with Gasteiger partial charge in [0.1, 0.15) is 18.3 Å². The molecule has 1 heterocycles. The van der Waals surface area contributed by atoms with E-state index in [1.807, 2.05) is 0 Å². The lowest BCUT2D eigenvalue weighted by Crippen LogP contribution is -2.58. The van der Waals surface area contributed by atoms with Gasteiger partial charge in [-0.2, -0.15) is 0 Å². The number of hydrogen-bond acceptors (Lipinski definition) is 7.